The van der Waals surface area contributed by atoms with Gasteiger partial charge in [0.1, 0.15) is 5.75 Å². The summed E-state index contributed by atoms with van der Waals surface area (Å²) in [5.41, 5.74) is -3.61. The number of thioether (sulfide) groups is 3. The number of hydrogen-bond acceptors (Lipinski definition) is 5. The van der Waals surface area contributed by atoms with Crippen LogP contribution in [0.2, 0.25) is 0 Å². The van der Waals surface area contributed by atoms with Crippen molar-refractivity contribution in [1.29, 1.82) is 0 Å². The first-order valence-corrected chi connectivity index (χ1v) is 34.5. The predicted molar refractivity (Wildman–Crippen MR) is 296 cm³/mol. The molecule has 0 heterocycles. The van der Waals surface area contributed by atoms with Crippen LogP contribution in [-0.4, -0.2) is 166 Å². The van der Waals surface area contributed by atoms with Gasteiger partial charge in [-0.1, -0.05) is 109 Å². The lowest BCUT2D eigenvalue weighted by Gasteiger charge is -2.42. The molecule has 0 aliphatic carbocycles. The minimum atomic E-state index is -9.16. The molecule has 0 N–H and O–H groups in total. The maximum atomic E-state index is 15.0. The number of carbonyl (C=O) groups is 1. The minimum Gasteiger partial charge on any atom is -0.426 e. The molecular weight excluding hydrogens is 1780 g/mol. The van der Waals surface area contributed by atoms with Crippen molar-refractivity contribution in [3.63, 3.8) is 0 Å². The number of esters is 1. The molecule has 56 heteroatoms. The van der Waals surface area contributed by atoms with Gasteiger partial charge in [0.2, 0.25) is 0 Å². The first-order valence-electron chi connectivity index (χ1n) is 31.1. The molecule has 0 fully saturated rings. The van der Waals surface area contributed by atoms with Crippen molar-refractivity contribution < 1.29 is 233 Å². The average molecular weight is 1840 g/mol. The van der Waals surface area contributed by atoms with Crippen molar-refractivity contribution in [2.24, 2.45) is 0 Å². The molecule has 0 amide bonds. The summed E-state index contributed by atoms with van der Waals surface area (Å²) in [4.78, 5) is 13.4. The summed E-state index contributed by atoms with van der Waals surface area (Å²) in [6, 6.07) is 0.373. The fourth-order valence-corrected chi connectivity index (χ4v) is 12.2. The van der Waals surface area contributed by atoms with E-state index in [9.17, 15) is 211 Å². The summed E-state index contributed by atoms with van der Waals surface area (Å²) in [5.74, 6) is -196. The van der Waals surface area contributed by atoms with E-state index in [0.29, 0.717) is 19.3 Å². The SMILES string of the molecule is CCCCCCCCCCCCCCCCCC(=O)Oc1c(CSCCC(F)(F)C(F)(F)C(F)(F)C(F)(F)C(F)(F)C(F)(F)C(F)(F)C(F)(F)F)cc(CSCCC(F)(F)C(F)(F)C(F)(F)C(F)(F)C(F)(F)C(F)(F)C(F)(F)C(F)(F)F)cc1CSCCC(F)(F)C(F)(F)C(F)(F)C(F)(F)C(F)(F)C(F)(F)C(F)(F)C(F)(F)F. The third-order valence-corrected chi connectivity index (χ3v) is 19.4. The van der Waals surface area contributed by atoms with E-state index in [1.54, 1.807) is 0 Å². The molecule has 0 saturated heterocycles. The molecule has 1 rings (SSSR count). The van der Waals surface area contributed by atoms with Gasteiger partial charge in [-0.3, -0.25) is 4.79 Å². The highest BCUT2D eigenvalue weighted by Gasteiger charge is 2.98. The smallest absolute Gasteiger partial charge is 0.426 e. The Morgan fingerprint density at radius 1 is 0.257 bits per heavy atom. The topological polar surface area (TPSA) is 26.3 Å². The van der Waals surface area contributed by atoms with Crippen molar-refractivity contribution in [2.45, 2.75) is 289 Å². The normalized spacial score (nSPS) is 15.6. The fourth-order valence-electron chi connectivity index (χ4n) is 9.28. The molecule has 0 unspecified atom stereocenters. The molecule has 0 aromatic heterocycles. The molecule has 1 aromatic rings. The Morgan fingerprint density at radius 3 is 0.655 bits per heavy atom. The Morgan fingerprint density at radius 2 is 0.442 bits per heavy atom. The van der Waals surface area contributed by atoms with Gasteiger partial charge in [0.05, 0.1) is 0 Å². The summed E-state index contributed by atoms with van der Waals surface area (Å²) >= 11 is -2.04. The van der Waals surface area contributed by atoms with Crippen LogP contribution in [0.1, 0.15) is 146 Å². The fraction of sp³-hybridized carbons (Fsp3) is 0.877. The van der Waals surface area contributed by atoms with Gasteiger partial charge < -0.3 is 4.74 Å². The Labute approximate surface area is 614 Å². The summed E-state index contributed by atoms with van der Waals surface area (Å²) in [5, 5.41) is 0. The van der Waals surface area contributed by atoms with Gasteiger partial charge in [0.15, 0.2) is 0 Å². The van der Waals surface area contributed by atoms with Gasteiger partial charge in [-0.05, 0) is 29.2 Å². The first-order chi connectivity index (χ1) is 49.8. The van der Waals surface area contributed by atoms with E-state index in [1.807, 2.05) is 6.92 Å². The zero-order valence-corrected chi connectivity index (χ0v) is 58.1. The lowest BCUT2D eigenvalue weighted by Crippen LogP contribution is -2.74. The van der Waals surface area contributed by atoms with E-state index in [4.69, 9.17) is 4.74 Å². The van der Waals surface area contributed by atoms with E-state index in [1.165, 1.54) is 0 Å². The van der Waals surface area contributed by atoms with Gasteiger partial charge >= 0.3 is 149 Å². The summed E-state index contributed by atoms with van der Waals surface area (Å²) in [6.07, 6.45) is -25.8. The maximum Gasteiger partial charge on any atom is 0.460 e. The van der Waals surface area contributed by atoms with Crippen LogP contribution < -0.4 is 4.74 Å². The minimum absolute atomic E-state index is 0.00334. The number of carbonyl (C=O) groups excluding carboxylic acids is 1. The summed E-state index contributed by atoms with van der Waals surface area (Å²) in [7, 11) is 0. The van der Waals surface area contributed by atoms with E-state index < -0.39 is 267 Å². The highest BCUT2D eigenvalue weighted by atomic mass is 32.2. The average Bonchev–Trinajstić information content (AvgIpc) is 0.705. The van der Waals surface area contributed by atoms with Crippen molar-refractivity contribution in [3.05, 3.63) is 28.8 Å². The Balaban J connectivity index is 4.23. The lowest BCUT2D eigenvalue weighted by atomic mass is 9.88. The molecule has 0 aliphatic rings. The van der Waals surface area contributed by atoms with Crippen LogP contribution in [0, 0.1) is 0 Å². The van der Waals surface area contributed by atoms with E-state index in [0.717, 1.165) is 57.8 Å². The van der Waals surface area contributed by atoms with E-state index in [-0.39, 0.29) is 31.4 Å². The Kier molecular flexibility index (Phi) is 34.0. The molecule has 670 valence electrons. The van der Waals surface area contributed by atoms with Gasteiger partial charge in [-0.25, -0.2) is 0 Å². The number of benzene rings is 1. The highest BCUT2D eigenvalue weighted by molar-refractivity contribution is 7.99. The van der Waals surface area contributed by atoms with Crippen LogP contribution >= 0.6 is 35.3 Å². The van der Waals surface area contributed by atoms with Gasteiger partial charge in [-0.2, -0.15) is 259 Å². The van der Waals surface area contributed by atoms with Crippen LogP contribution in [0.25, 0.3) is 0 Å². The monoisotopic (exact) mass is 1840 g/mol. The molecule has 0 bridgehead atoms. The van der Waals surface area contributed by atoms with E-state index in [2.05, 4.69) is 0 Å². The molecule has 0 atom stereocenters. The quantitative estimate of drug-likeness (QED) is 0.0280. The van der Waals surface area contributed by atoms with Crippen molar-refractivity contribution >= 4 is 41.3 Å². The van der Waals surface area contributed by atoms with Crippen molar-refractivity contribution in [3.8, 4) is 5.75 Å². The molecule has 0 aliphatic heterocycles. The largest absolute Gasteiger partial charge is 0.460 e. The Bertz CT molecular complexity index is 3060. The highest BCUT2D eigenvalue weighted by Crippen LogP contribution is 2.69. The molecular formula is C57H55F51O2S3. The number of alkyl halides is 51. The molecule has 1 aromatic carbocycles. The second kappa shape index (κ2) is 35.8. The third kappa shape index (κ3) is 20.1. The summed E-state index contributed by atoms with van der Waals surface area (Å²) < 4.78 is 718. The van der Waals surface area contributed by atoms with Crippen molar-refractivity contribution in [1.82, 2.24) is 0 Å². The van der Waals surface area contributed by atoms with Crippen LogP contribution in [-0.2, 0) is 22.1 Å². The van der Waals surface area contributed by atoms with Crippen LogP contribution in [0.4, 0.5) is 224 Å². The molecule has 2 nitrogen and oxygen atoms in total. The van der Waals surface area contributed by atoms with Crippen LogP contribution in [0.15, 0.2) is 12.1 Å². The van der Waals surface area contributed by atoms with Gasteiger partial charge in [0.25, 0.3) is 0 Å². The third-order valence-electron chi connectivity index (χ3n) is 16.3. The first kappa shape index (κ1) is 107. The van der Waals surface area contributed by atoms with Crippen LogP contribution in [0.3, 0.4) is 0 Å². The van der Waals surface area contributed by atoms with Crippen LogP contribution in [0.5, 0.6) is 5.75 Å². The Hall–Kier alpha value is -3.83. The van der Waals surface area contributed by atoms with E-state index >= 15 is 17.6 Å². The number of rotatable bonds is 50. The number of unbranched alkanes of at least 4 members (excludes halogenated alkanes) is 14. The lowest BCUT2D eigenvalue weighted by molar-refractivity contribution is -0.461. The predicted octanol–water partition coefficient (Wildman–Crippen LogP) is 27.8. The maximum absolute atomic E-state index is 15.0. The van der Waals surface area contributed by atoms with Gasteiger partial charge in [0, 0.05) is 54.1 Å². The standard InChI is InChI=1S/C57H55F51O2S3/c1-2-3-4-5-6-7-8-9-10-11-12-13-14-15-16-17-32(109)110-33-30(27-112-22-19-35(60,61)38(66,67)41(72,73)44(78,79)47(84,85)50(90,91)53(96,97)56(103,104)105)24-29(26-111-21-18-34(58,59)37(64,65)40(70,71)43(76,77)46(82,83)49(88,89)52(94,95)55(100,101)102)25-31(33)28-113-23-20-36(62,63)39(68,69)42(74,75)45(80,81)48(86,87)51(92,93)54(98,99)57(106,107)108/h24-25H,2-23,26-28H2,1H3. The second-order valence-electron chi connectivity index (χ2n) is 24.8. The number of halogens is 51. The molecule has 0 spiro atoms. The molecule has 0 radical (unpaired) electrons. The second-order valence-corrected chi connectivity index (χ2v) is 28.1. The number of hydrogen-bond donors (Lipinski definition) is 0. The molecule has 113 heavy (non-hydrogen) atoms. The van der Waals surface area contributed by atoms with Gasteiger partial charge in [-0.15, -0.1) is 0 Å². The zero-order chi connectivity index (χ0) is 89.8. The number of ether oxygens (including phenoxy) is 1. The molecule has 0 saturated carbocycles. The van der Waals surface area contributed by atoms with Crippen molar-refractivity contribution in [2.75, 3.05) is 17.3 Å². The summed E-state index contributed by atoms with van der Waals surface area (Å²) in [6.45, 7) is 1.99. The zero-order valence-electron chi connectivity index (χ0n) is 55.6.